The minimum absolute atomic E-state index is 0.00319. The fourth-order valence-corrected chi connectivity index (χ4v) is 7.63. The number of halogens is 4. The van der Waals surface area contributed by atoms with Crippen molar-refractivity contribution in [3.05, 3.63) is 91.9 Å². The van der Waals surface area contributed by atoms with E-state index < -0.39 is 40.8 Å². The van der Waals surface area contributed by atoms with Crippen molar-refractivity contribution in [3.8, 4) is 17.1 Å². The topological polar surface area (TPSA) is 160 Å². The molecule has 2 N–H and O–H groups in total. The van der Waals surface area contributed by atoms with Gasteiger partial charge in [-0.3, -0.25) is 19.0 Å². The highest BCUT2D eigenvalue weighted by molar-refractivity contribution is 6.33. The molecule has 3 aromatic heterocycles. The summed E-state index contributed by atoms with van der Waals surface area (Å²) in [4.78, 5) is 57.7. The summed E-state index contributed by atoms with van der Waals surface area (Å²) in [6.45, 7) is 6.80. The van der Waals surface area contributed by atoms with Crippen LogP contribution in [0.2, 0.25) is 5.02 Å². The van der Waals surface area contributed by atoms with Gasteiger partial charge in [-0.25, -0.2) is 9.97 Å². The van der Waals surface area contributed by atoms with E-state index in [9.17, 15) is 32.7 Å². The van der Waals surface area contributed by atoms with Crippen LogP contribution in [0.3, 0.4) is 0 Å². The number of ether oxygens (including phenoxy) is 1. The van der Waals surface area contributed by atoms with Crippen LogP contribution in [0, 0.1) is 6.92 Å². The molecule has 0 bridgehead atoms. The van der Waals surface area contributed by atoms with Crippen molar-refractivity contribution in [2.75, 3.05) is 36.4 Å². The molecular formula is C36H33ClF3N9O5. The Balaban J connectivity index is 1.17. The van der Waals surface area contributed by atoms with Crippen LogP contribution in [0.4, 0.5) is 24.5 Å². The lowest BCUT2D eigenvalue weighted by atomic mass is 9.94. The van der Waals surface area contributed by atoms with Crippen molar-refractivity contribution in [3.63, 3.8) is 0 Å². The van der Waals surface area contributed by atoms with Gasteiger partial charge in [-0.2, -0.15) is 22.7 Å². The average molecular weight is 764 g/mol. The zero-order valence-electron chi connectivity index (χ0n) is 29.2. The Morgan fingerprint density at radius 1 is 1.07 bits per heavy atom. The van der Waals surface area contributed by atoms with E-state index in [0.717, 1.165) is 33.8 Å². The molecule has 14 nitrogen and oxygen atoms in total. The number of aryl methyl sites for hydroxylation is 1. The Labute approximate surface area is 310 Å². The number of carbonyl (C=O) groups is 2. The van der Waals surface area contributed by atoms with Gasteiger partial charge in [0.2, 0.25) is 11.7 Å². The number of nitrogens with zero attached hydrogens (tertiary/aromatic N) is 8. The predicted molar refractivity (Wildman–Crippen MR) is 189 cm³/mol. The third-order valence-electron chi connectivity index (χ3n) is 10.3. The normalized spacial score (nSPS) is 17.9. The zero-order valence-corrected chi connectivity index (χ0v) is 30.0. The van der Waals surface area contributed by atoms with Crippen LogP contribution in [0.15, 0.2) is 47.5 Å². The van der Waals surface area contributed by atoms with Crippen molar-refractivity contribution in [1.82, 2.24) is 34.0 Å². The molecule has 0 spiro atoms. The maximum Gasteiger partial charge on any atom is 0.416 e. The van der Waals surface area contributed by atoms with Crippen LogP contribution in [0.1, 0.15) is 64.9 Å². The van der Waals surface area contributed by atoms with Crippen LogP contribution in [0.5, 0.6) is 5.75 Å². The molecule has 1 fully saturated rings. The molecule has 2 amide bonds. The highest BCUT2D eigenvalue weighted by Gasteiger charge is 2.38. The number of aromatic hydroxyl groups is 1. The van der Waals surface area contributed by atoms with Gasteiger partial charge in [-0.1, -0.05) is 23.7 Å². The average Bonchev–Trinajstić information content (AvgIpc) is 3.85. The maximum atomic E-state index is 14.4. The molecule has 0 aliphatic carbocycles. The number of benzene rings is 2. The Kier molecular flexibility index (Phi) is 8.41. The summed E-state index contributed by atoms with van der Waals surface area (Å²) in [6, 6.07) is 7.46. The summed E-state index contributed by atoms with van der Waals surface area (Å²) in [5, 5.41) is 17.4. The SMILES string of the molecule is Cc1ncnc(C(=O)N2CCN(c3c4n(c5nc(-c6ccc7c(c6)COC7(C)C)nn5c3=O)[C@H](C(=O)Nc3ccc(C(F)(F)F)cc3Cl)CC4)CC2)c1O. The van der Waals surface area contributed by atoms with E-state index in [4.69, 9.17) is 21.3 Å². The van der Waals surface area contributed by atoms with Crippen LogP contribution < -0.4 is 15.8 Å². The van der Waals surface area contributed by atoms with Gasteiger partial charge >= 0.3 is 6.18 Å². The summed E-state index contributed by atoms with van der Waals surface area (Å²) in [5.41, 5.74) is 1.71. The first-order valence-corrected chi connectivity index (χ1v) is 17.5. The first-order valence-electron chi connectivity index (χ1n) is 17.2. The Hall–Kier alpha value is -5.55. The second-order valence-corrected chi connectivity index (χ2v) is 14.4. The quantitative estimate of drug-likeness (QED) is 0.253. The highest BCUT2D eigenvalue weighted by Crippen LogP contribution is 2.39. The number of anilines is 2. The molecule has 54 heavy (non-hydrogen) atoms. The van der Waals surface area contributed by atoms with Crippen molar-refractivity contribution in [2.24, 2.45) is 0 Å². The second kappa shape index (κ2) is 12.8. The fraction of sp³-hybridized carbons (Fsp3) is 0.361. The van der Waals surface area contributed by atoms with Gasteiger partial charge in [0.1, 0.15) is 18.1 Å². The van der Waals surface area contributed by atoms with E-state index in [1.54, 1.807) is 11.5 Å². The number of amides is 2. The van der Waals surface area contributed by atoms with Gasteiger partial charge in [-0.05, 0) is 69.0 Å². The summed E-state index contributed by atoms with van der Waals surface area (Å²) in [5.74, 6) is -0.972. The number of piperazine rings is 1. The first kappa shape index (κ1) is 35.5. The third-order valence-corrected chi connectivity index (χ3v) is 10.6. The lowest BCUT2D eigenvalue weighted by Gasteiger charge is -2.36. The summed E-state index contributed by atoms with van der Waals surface area (Å²) >= 11 is 6.19. The smallest absolute Gasteiger partial charge is 0.416 e. The van der Waals surface area contributed by atoms with E-state index in [1.165, 1.54) is 11.2 Å². The molecule has 5 aromatic rings. The van der Waals surface area contributed by atoms with E-state index >= 15 is 0 Å². The largest absolute Gasteiger partial charge is 0.504 e. The summed E-state index contributed by atoms with van der Waals surface area (Å²) < 4.78 is 48.7. The minimum atomic E-state index is -4.62. The molecule has 1 saturated heterocycles. The molecule has 18 heteroatoms. The number of hydrogen-bond donors (Lipinski definition) is 2. The molecule has 8 rings (SSSR count). The number of hydrogen-bond acceptors (Lipinski definition) is 10. The number of fused-ring (bicyclic) bond motifs is 4. The van der Waals surface area contributed by atoms with E-state index in [0.29, 0.717) is 30.0 Å². The van der Waals surface area contributed by atoms with Crippen molar-refractivity contribution >= 4 is 40.6 Å². The fourth-order valence-electron chi connectivity index (χ4n) is 7.40. The molecule has 3 aliphatic rings. The maximum absolute atomic E-state index is 14.4. The Morgan fingerprint density at radius 2 is 1.83 bits per heavy atom. The van der Waals surface area contributed by atoms with Crippen molar-refractivity contribution < 1.29 is 32.6 Å². The summed E-state index contributed by atoms with van der Waals surface area (Å²) in [7, 11) is 0. The number of aromatic nitrogens is 6. The van der Waals surface area contributed by atoms with Gasteiger partial charge in [0, 0.05) is 31.7 Å². The van der Waals surface area contributed by atoms with Gasteiger partial charge in [0.25, 0.3) is 11.5 Å². The lowest BCUT2D eigenvalue weighted by molar-refractivity contribution is -0.137. The third kappa shape index (κ3) is 5.91. The lowest BCUT2D eigenvalue weighted by Crippen LogP contribution is -2.51. The van der Waals surface area contributed by atoms with Crippen LogP contribution >= 0.6 is 11.6 Å². The molecule has 2 aromatic carbocycles. The molecule has 1 atom stereocenters. The van der Waals surface area contributed by atoms with Crippen LogP contribution in [0.25, 0.3) is 17.2 Å². The number of alkyl halides is 3. The van der Waals surface area contributed by atoms with Crippen LogP contribution in [-0.4, -0.2) is 77.1 Å². The first-order chi connectivity index (χ1) is 25.6. The molecule has 0 unspecified atom stereocenters. The highest BCUT2D eigenvalue weighted by atomic mass is 35.5. The number of rotatable bonds is 5. The predicted octanol–water partition coefficient (Wildman–Crippen LogP) is 4.89. The summed E-state index contributed by atoms with van der Waals surface area (Å²) in [6.07, 6.45) is -2.87. The second-order valence-electron chi connectivity index (χ2n) is 14.0. The Bertz CT molecular complexity index is 2440. The van der Waals surface area contributed by atoms with Gasteiger partial charge in [0.15, 0.2) is 17.3 Å². The number of carbonyl (C=O) groups excluding carboxylic acids is 2. The molecule has 6 heterocycles. The standard InChI is InChI=1S/C36H33ClF3N9O5/c1-18-29(50)27(42-17-41-18)32(52)47-12-10-46(11-13-47)28-25-8-9-26(31(51)43-24-7-5-21(15-23(24)37)36(38,39)40)48(25)34-44-30(45-49(34)33(28)53)19-4-6-22-20(14-19)16-54-35(22,2)3/h4-7,14-15,17,26,50H,8-13,16H2,1-3H3,(H,43,51)/t26-/m0/s1. The zero-order chi connectivity index (χ0) is 38.3. The minimum Gasteiger partial charge on any atom is -0.504 e. The monoisotopic (exact) mass is 763 g/mol. The van der Waals surface area contributed by atoms with Crippen molar-refractivity contribution in [1.29, 1.82) is 0 Å². The van der Waals surface area contributed by atoms with E-state index in [2.05, 4.69) is 20.4 Å². The van der Waals surface area contributed by atoms with E-state index in [1.807, 2.05) is 36.9 Å². The van der Waals surface area contributed by atoms with Gasteiger partial charge in [-0.15, -0.1) is 5.10 Å². The van der Waals surface area contributed by atoms with Gasteiger partial charge < -0.3 is 25.0 Å². The molecule has 0 saturated carbocycles. The Morgan fingerprint density at radius 3 is 2.56 bits per heavy atom. The molecule has 280 valence electrons. The molecular weight excluding hydrogens is 731 g/mol. The molecule has 0 radical (unpaired) electrons. The number of nitrogens with one attached hydrogen (secondary N) is 1. The van der Waals surface area contributed by atoms with E-state index in [-0.39, 0.29) is 72.0 Å². The molecule has 3 aliphatic heterocycles. The van der Waals surface area contributed by atoms with Crippen molar-refractivity contribution in [2.45, 2.75) is 58.0 Å². The van der Waals surface area contributed by atoms with Crippen LogP contribution in [-0.2, 0) is 34.3 Å². The van der Waals surface area contributed by atoms with Gasteiger partial charge in [0.05, 0.1) is 39.9 Å².